The fraction of sp³-hybridized carbons (Fsp3) is 0.471. The molecule has 0 saturated heterocycles. The number of fused-ring (bicyclic) bond motifs is 1. The molecule has 1 aromatic heterocycles. The molecule has 1 atom stereocenters. The maximum atomic E-state index is 11.2. The first kappa shape index (κ1) is 16.3. The molecule has 0 spiro atoms. The second-order valence-corrected chi connectivity index (χ2v) is 7.53. The Morgan fingerprint density at radius 2 is 2.04 bits per heavy atom. The monoisotopic (exact) mass is 361 g/mol. The summed E-state index contributed by atoms with van der Waals surface area (Å²) in [5, 5.41) is 17.8. The minimum absolute atomic E-state index is 0.337. The lowest BCUT2D eigenvalue weighted by atomic mass is 10.2. The van der Waals surface area contributed by atoms with Gasteiger partial charge in [0.25, 0.3) is 0 Å². The molecule has 2 heterocycles. The molecule has 4 rings (SSSR count). The smallest absolute Gasteiger partial charge is 0.316 e. The molecule has 0 radical (unpaired) electrons. The van der Waals surface area contributed by atoms with Crippen molar-refractivity contribution in [1.29, 1.82) is 0 Å². The largest absolute Gasteiger partial charge is 0.490 e. The average molecular weight is 361 g/mol. The van der Waals surface area contributed by atoms with E-state index in [4.69, 9.17) is 14.6 Å². The fourth-order valence-corrected chi connectivity index (χ4v) is 3.58. The van der Waals surface area contributed by atoms with Crippen molar-refractivity contribution in [2.24, 2.45) is 0 Å². The topological polar surface area (TPSA) is 86.5 Å². The Bertz CT molecular complexity index is 803. The van der Waals surface area contributed by atoms with Crippen LogP contribution in [0.1, 0.15) is 32.2 Å². The molecule has 1 aliphatic carbocycles. The first-order valence-corrected chi connectivity index (χ1v) is 9.26. The molecule has 1 fully saturated rings. The Kier molecular flexibility index (Phi) is 4.29. The number of hydrogen-bond donors (Lipinski definition) is 1. The van der Waals surface area contributed by atoms with Crippen LogP contribution in [0.5, 0.6) is 11.5 Å². The van der Waals surface area contributed by atoms with Crippen LogP contribution in [0.25, 0.3) is 11.4 Å². The first-order chi connectivity index (χ1) is 12.1. The lowest BCUT2D eigenvalue weighted by Crippen LogP contribution is -2.13. The van der Waals surface area contributed by atoms with Gasteiger partial charge < -0.3 is 14.6 Å². The van der Waals surface area contributed by atoms with Crippen LogP contribution in [0.4, 0.5) is 0 Å². The Balaban J connectivity index is 1.69. The summed E-state index contributed by atoms with van der Waals surface area (Å²) in [4.78, 5) is 11.2. The van der Waals surface area contributed by atoms with Gasteiger partial charge in [0, 0.05) is 18.0 Å². The SMILES string of the molecule is C[C@H](Sc1nnc(-c2ccc3c(c2)OCCCO3)n1C1CC1)C(=O)O. The number of aliphatic carboxylic acids is 1. The van der Waals surface area contributed by atoms with Crippen molar-refractivity contribution >= 4 is 17.7 Å². The minimum atomic E-state index is -0.854. The van der Waals surface area contributed by atoms with Crippen LogP contribution in [0.3, 0.4) is 0 Å². The number of benzene rings is 1. The van der Waals surface area contributed by atoms with Gasteiger partial charge >= 0.3 is 5.97 Å². The van der Waals surface area contributed by atoms with Crippen molar-refractivity contribution in [3.8, 4) is 22.9 Å². The van der Waals surface area contributed by atoms with E-state index in [9.17, 15) is 4.79 Å². The number of aromatic nitrogens is 3. The van der Waals surface area contributed by atoms with Crippen LogP contribution in [0.2, 0.25) is 0 Å². The minimum Gasteiger partial charge on any atom is -0.490 e. The van der Waals surface area contributed by atoms with Crippen molar-refractivity contribution < 1.29 is 19.4 Å². The number of carbonyl (C=O) groups is 1. The van der Waals surface area contributed by atoms with E-state index < -0.39 is 11.2 Å². The van der Waals surface area contributed by atoms with E-state index in [1.165, 1.54) is 11.8 Å². The third kappa shape index (κ3) is 3.30. The second kappa shape index (κ2) is 6.59. The Morgan fingerprint density at radius 3 is 2.76 bits per heavy atom. The standard InChI is InChI=1S/C17H19N3O4S/c1-10(16(21)22)25-17-19-18-15(20(17)12-4-5-12)11-3-6-13-14(9-11)24-8-2-7-23-13/h3,6,9-10,12H,2,4-5,7-8H2,1H3,(H,21,22)/t10-/m0/s1. The average Bonchev–Trinajstić information content (AvgIpc) is 3.39. The number of carboxylic acids is 1. The van der Waals surface area contributed by atoms with Gasteiger partial charge in [0.1, 0.15) is 5.25 Å². The molecule has 1 aliphatic heterocycles. The molecule has 1 N–H and O–H groups in total. The molecule has 1 aromatic carbocycles. The van der Waals surface area contributed by atoms with Crippen LogP contribution in [0, 0.1) is 0 Å². The lowest BCUT2D eigenvalue weighted by Gasteiger charge is -2.12. The van der Waals surface area contributed by atoms with Crippen LogP contribution in [-0.2, 0) is 4.79 Å². The number of rotatable bonds is 5. The Hall–Kier alpha value is -2.22. The number of thioether (sulfide) groups is 1. The predicted octanol–water partition coefficient (Wildman–Crippen LogP) is 3.01. The summed E-state index contributed by atoms with van der Waals surface area (Å²) < 4.78 is 13.5. The predicted molar refractivity (Wildman–Crippen MR) is 92.3 cm³/mol. The highest BCUT2D eigenvalue weighted by Gasteiger charge is 2.31. The molecule has 25 heavy (non-hydrogen) atoms. The van der Waals surface area contributed by atoms with Crippen molar-refractivity contribution in [3.63, 3.8) is 0 Å². The quantitative estimate of drug-likeness (QED) is 0.819. The van der Waals surface area contributed by atoms with Crippen molar-refractivity contribution in [2.45, 2.75) is 42.6 Å². The second-order valence-electron chi connectivity index (χ2n) is 6.22. The number of hydrogen-bond acceptors (Lipinski definition) is 6. The number of carboxylic acid groups (broad SMARTS) is 1. The molecule has 0 unspecified atom stereocenters. The highest BCUT2D eigenvalue weighted by Crippen LogP contribution is 2.43. The summed E-state index contributed by atoms with van der Waals surface area (Å²) in [6.07, 6.45) is 2.98. The van der Waals surface area contributed by atoms with Gasteiger partial charge in [-0.2, -0.15) is 0 Å². The first-order valence-electron chi connectivity index (χ1n) is 8.38. The normalized spacial score (nSPS) is 17.8. The fourth-order valence-electron chi connectivity index (χ4n) is 2.73. The molecule has 2 aromatic rings. The molecule has 132 valence electrons. The van der Waals surface area contributed by atoms with Gasteiger partial charge in [0.15, 0.2) is 22.5 Å². The van der Waals surface area contributed by atoms with Gasteiger partial charge in [0.05, 0.1) is 13.2 Å². The van der Waals surface area contributed by atoms with Crippen LogP contribution < -0.4 is 9.47 Å². The molecule has 0 bridgehead atoms. The van der Waals surface area contributed by atoms with E-state index in [1.807, 2.05) is 18.2 Å². The zero-order valence-electron chi connectivity index (χ0n) is 13.8. The van der Waals surface area contributed by atoms with E-state index in [2.05, 4.69) is 14.8 Å². The Morgan fingerprint density at radius 1 is 1.28 bits per heavy atom. The molecule has 1 saturated carbocycles. The van der Waals surface area contributed by atoms with E-state index in [-0.39, 0.29) is 0 Å². The summed E-state index contributed by atoms with van der Waals surface area (Å²) >= 11 is 1.23. The van der Waals surface area contributed by atoms with Crippen LogP contribution >= 0.6 is 11.8 Å². The molecular weight excluding hydrogens is 342 g/mol. The van der Waals surface area contributed by atoms with Gasteiger partial charge in [-0.05, 0) is 38.0 Å². The van der Waals surface area contributed by atoms with Crippen molar-refractivity contribution in [3.05, 3.63) is 18.2 Å². The van der Waals surface area contributed by atoms with Gasteiger partial charge in [-0.15, -0.1) is 10.2 Å². The third-order valence-corrected chi connectivity index (χ3v) is 5.26. The summed E-state index contributed by atoms with van der Waals surface area (Å²) in [5.74, 6) is 1.35. The molecular formula is C17H19N3O4S. The van der Waals surface area contributed by atoms with E-state index >= 15 is 0 Å². The summed E-state index contributed by atoms with van der Waals surface area (Å²) in [7, 11) is 0. The summed E-state index contributed by atoms with van der Waals surface area (Å²) in [6.45, 7) is 2.94. The van der Waals surface area contributed by atoms with Gasteiger partial charge in [-0.3, -0.25) is 9.36 Å². The zero-order chi connectivity index (χ0) is 17.4. The van der Waals surface area contributed by atoms with E-state index in [0.717, 1.165) is 36.4 Å². The maximum absolute atomic E-state index is 11.2. The van der Waals surface area contributed by atoms with Crippen molar-refractivity contribution in [1.82, 2.24) is 14.8 Å². The summed E-state index contributed by atoms with van der Waals surface area (Å²) in [5.41, 5.74) is 0.901. The lowest BCUT2D eigenvalue weighted by molar-refractivity contribution is -0.136. The van der Waals surface area contributed by atoms with Crippen LogP contribution in [0.15, 0.2) is 23.4 Å². The molecule has 0 amide bonds. The molecule has 8 heteroatoms. The number of ether oxygens (including phenoxy) is 2. The van der Waals surface area contributed by atoms with E-state index in [1.54, 1.807) is 6.92 Å². The van der Waals surface area contributed by atoms with Gasteiger partial charge in [-0.25, -0.2) is 0 Å². The van der Waals surface area contributed by atoms with Crippen molar-refractivity contribution in [2.75, 3.05) is 13.2 Å². The van der Waals surface area contributed by atoms with Gasteiger partial charge in [0.2, 0.25) is 0 Å². The highest BCUT2D eigenvalue weighted by atomic mass is 32.2. The Labute approximate surface area is 149 Å². The van der Waals surface area contributed by atoms with Crippen LogP contribution in [-0.4, -0.2) is 44.3 Å². The van der Waals surface area contributed by atoms with E-state index in [0.29, 0.717) is 30.2 Å². The highest BCUT2D eigenvalue weighted by molar-refractivity contribution is 8.00. The van der Waals surface area contributed by atoms with Gasteiger partial charge in [-0.1, -0.05) is 11.8 Å². The summed E-state index contributed by atoms with van der Waals surface area (Å²) in [6, 6.07) is 6.11. The number of nitrogens with zero attached hydrogens (tertiary/aromatic N) is 3. The zero-order valence-corrected chi connectivity index (χ0v) is 14.7. The molecule has 7 nitrogen and oxygen atoms in total. The third-order valence-electron chi connectivity index (χ3n) is 4.21. The maximum Gasteiger partial charge on any atom is 0.316 e. The molecule has 2 aliphatic rings.